The molecular formula is C23H26N6O2. The van der Waals surface area contributed by atoms with Crippen molar-refractivity contribution in [3.8, 4) is 6.07 Å². The monoisotopic (exact) mass is 418 g/mol. The van der Waals surface area contributed by atoms with Gasteiger partial charge in [-0.05, 0) is 57.1 Å². The Morgan fingerprint density at radius 2 is 2.00 bits per heavy atom. The average Bonchev–Trinajstić information content (AvgIpc) is 3.21. The number of hydrogen-bond acceptors (Lipinski definition) is 8. The second-order valence-electron chi connectivity index (χ2n) is 7.75. The fourth-order valence-corrected chi connectivity index (χ4v) is 3.88. The molecule has 1 saturated heterocycles. The molecule has 0 aliphatic carbocycles. The van der Waals surface area contributed by atoms with Crippen LogP contribution in [-0.4, -0.2) is 40.1 Å². The number of anilines is 2. The fourth-order valence-electron chi connectivity index (χ4n) is 3.88. The Labute approximate surface area is 181 Å². The summed E-state index contributed by atoms with van der Waals surface area (Å²) in [6, 6.07) is 11.6. The van der Waals surface area contributed by atoms with Crippen LogP contribution in [0.4, 0.5) is 11.5 Å². The van der Waals surface area contributed by atoms with E-state index in [1.165, 1.54) is 0 Å². The van der Waals surface area contributed by atoms with Crippen molar-refractivity contribution in [3.63, 3.8) is 0 Å². The van der Waals surface area contributed by atoms with E-state index in [1.807, 2.05) is 37.3 Å². The number of hydrogen-bond donors (Lipinski definition) is 1. The first kappa shape index (κ1) is 21.0. The number of nitrogens with one attached hydrogen (secondary N) is 1. The summed E-state index contributed by atoms with van der Waals surface area (Å²) in [4.78, 5) is 15.7. The molecule has 0 spiro atoms. The van der Waals surface area contributed by atoms with Gasteiger partial charge in [-0.15, -0.1) is 0 Å². The van der Waals surface area contributed by atoms with Gasteiger partial charge in [-0.1, -0.05) is 0 Å². The Morgan fingerprint density at radius 3 is 2.71 bits per heavy atom. The van der Waals surface area contributed by atoms with Gasteiger partial charge in [0.15, 0.2) is 0 Å². The molecule has 0 atom stereocenters. The van der Waals surface area contributed by atoms with E-state index in [4.69, 9.17) is 19.4 Å². The summed E-state index contributed by atoms with van der Waals surface area (Å²) in [7, 11) is 1.67. The highest BCUT2D eigenvalue weighted by Crippen LogP contribution is 2.29. The maximum Gasteiger partial charge on any atom is 0.140 e. The lowest BCUT2D eigenvalue weighted by atomic mass is 9.93. The first-order chi connectivity index (χ1) is 15.1. The fraction of sp³-hybridized carbons (Fsp3) is 0.391. The first-order valence-electron chi connectivity index (χ1n) is 10.4. The van der Waals surface area contributed by atoms with Crippen LogP contribution >= 0.6 is 0 Å². The maximum atomic E-state index is 8.89. The summed E-state index contributed by atoms with van der Waals surface area (Å²) in [6.45, 7) is 5.23. The lowest BCUT2D eigenvalue weighted by Gasteiger charge is -2.31. The van der Waals surface area contributed by atoms with Crippen molar-refractivity contribution < 1.29 is 9.15 Å². The van der Waals surface area contributed by atoms with E-state index in [2.05, 4.69) is 20.2 Å². The summed E-state index contributed by atoms with van der Waals surface area (Å²) >= 11 is 0. The van der Waals surface area contributed by atoms with Gasteiger partial charge in [0, 0.05) is 24.8 Å². The summed E-state index contributed by atoms with van der Waals surface area (Å²) in [6.07, 6.45) is 3.72. The lowest BCUT2D eigenvalue weighted by molar-refractivity contribution is 0.154. The molecule has 0 unspecified atom stereocenters. The van der Waals surface area contributed by atoms with Gasteiger partial charge >= 0.3 is 0 Å². The molecule has 31 heavy (non-hydrogen) atoms. The number of methoxy groups -OCH3 is 1. The van der Waals surface area contributed by atoms with E-state index in [0.717, 1.165) is 67.0 Å². The van der Waals surface area contributed by atoms with Crippen molar-refractivity contribution in [2.75, 3.05) is 25.5 Å². The van der Waals surface area contributed by atoms with E-state index < -0.39 is 0 Å². The maximum absolute atomic E-state index is 8.89. The van der Waals surface area contributed by atoms with Crippen LogP contribution in [0.15, 0.2) is 40.9 Å². The zero-order chi connectivity index (χ0) is 21.6. The van der Waals surface area contributed by atoms with Crippen LogP contribution in [0.5, 0.6) is 0 Å². The number of aromatic nitrogens is 3. The van der Waals surface area contributed by atoms with Crippen LogP contribution in [-0.2, 0) is 17.9 Å². The third kappa shape index (κ3) is 5.45. The third-order valence-electron chi connectivity index (χ3n) is 5.40. The Bertz CT molecular complexity index is 1050. The molecular weight excluding hydrogens is 392 g/mol. The van der Waals surface area contributed by atoms with Crippen LogP contribution in [0.3, 0.4) is 0 Å². The Kier molecular flexibility index (Phi) is 6.55. The summed E-state index contributed by atoms with van der Waals surface area (Å²) in [5.41, 5.74) is 2.25. The van der Waals surface area contributed by atoms with Crippen LogP contribution in [0.25, 0.3) is 0 Å². The normalized spacial score (nSPS) is 15.0. The summed E-state index contributed by atoms with van der Waals surface area (Å²) < 4.78 is 10.9. The second-order valence-corrected chi connectivity index (χ2v) is 7.75. The minimum Gasteiger partial charge on any atom is -0.462 e. The molecule has 0 radical (unpaired) electrons. The van der Waals surface area contributed by atoms with E-state index >= 15 is 0 Å². The van der Waals surface area contributed by atoms with Gasteiger partial charge in [-0.2, -0.15) is 5.26 Å². The topological polar surface area (TPSA) is 100 Å². The molecule has 1 aliphatic heterocycles. The van der Waals surface area contributed by atoms with Gasteiger partial charge in [-0.25, -0.2) is 15.0 Å². The van der Waals surface area contributed by atoms with Crippen molar-refractivity contribution >= 4 is 11.5 Å². The molecule has 1 aliphatic rings. The van der Waals surface area contributed by atoms with Crippen LogP contribution < -0.4 is 5.32 Å². The van der Waals surface area contributed by atoms with E-state index in [1.54, 1.807) is 19.4 Å². The van der Waals surface area contributed by atoms with Gasteiger partial charge in [0.2, 0.25) is 0 Å². The number of pyridine rings is 1. The largest absolute Gasteiger partial charge is 0.462 e. The van der Waals surface area contributed by atoms with Gasteiger partial charge in [0.25, 0.3) is 0 Å². The van der Waals surface area contributed by atoms with Crippen molar-refractivity contribution in [2.45, 2.75) is 38.8 Å². The molecule has 0 amide bonds. The molecule has 0 bridgehead atoms. The molecule has 4 heterocycles. The number of aryl methyl sites for hydroxylation is 1. The minimum atomic E-state index is 0.390. The van der Waals surface area contributed by atoms with Gasteiger partial charge in [-0.3, -0.25) is 4.90 Å². The standard InChI is InChI=1S/C23H26N6O2/c1-16-26-22(11-23(27-16)28-19-4-3-18(12-24)25-13-19)17-7-9-29(10-8-17)14-20-5-6-21(31-20)15-30-2/h3-6,11,13,17H,7-10,14-15H2,1-2H3,(H,26,27,28). The highest BCUT2D eigenvalue weighted by Gasteiger charge is 2.23. The second kappa shape index (κ2) is 9.69. The van der Waals surface area contributed by atoms with E-state index in [9.17, 15) is 0 Å². The minimum absolute atomic E-state index is 0.390. The van der Waals surface area contributed by atoms with Crippen molar-refractivity contribution in [1.82, 2.24) is 19.9 Å². The smallest absolute Gasteiger partial charge is 0.140 e. The molecule has 3 aromatic heterocycles. The number of ether oxygens (including phenoxy) is 1. The molecule has 1 N–H and O–H groups in total. The van der Waals surface area contributed by atoms with Crippen molar-refractivity contribution in [2.24, 2.45) is 0 Å². The molecule has 0 aromatic carbocycles. The Balaban J connectivity index is 1.37. The molecule has 1 fully saturated rings. The zero-order valence-corrected chi connectivity index (χ0v) is 17.8. The SMILES string of the molecule is COCc1ccc(CN2CCC(c3cc(Nc4ccc(C#N)nc4)nc(C)n3)CC2)o1. The quantitative estimate of drug-likeness (QED) is 0.616. The highest BCUT2D eigenvalue weighted by molar-refractivity contribution is 5.55. The molecule has 160 valence electrons. The van der Waals surface area contributed by atoms with E-state index in [0.29, 0.717) is 18.2 Å². The first-order valence-corrected chi connectivity index (χ1v) is 10.4. The molecule has 8 nitrogen and oxygen atoms in total. The Morgan fingerprint density at radius 1 is 1.19 bits per heavy atom. The number of furan rings is 1. The van der Waals surface area contributed by atoms with Crippen LogP contribution in [0.1, 0.15) is 47.5 Å². The van der Waals surface area contributed by atoms with Crippen molar-refractivity contribution in [1.29, 1.82) is 5.26 Å². The number of rotatable bonds is 7. The van der Waals surface area contributed by atoms with Gasteiger partial charge in [0.1, 0.15) is 41.5 Å². The molecule has 3 aromatic rings. The number of nitrogens with zero attached hydrogens (tertiary/aromatic N) is 5. The van der Waals surface area contributed by atoms with Gasteiger partial charge < -0.3 is 14.5 Å². The predicted molar refractivity (Wildman–Crippen MR) is 116 cm³/mol. The van der Waals surface area contributed by atoms with Crippen LogP contribution in [0, 0.1) is 18.3 Å². The number of nitriles is 1. The third-order valence-corrected chi connectivity index (χ3v) is 5.40. The lowest BCUT2D eigenvalue weighted by Crippen LogP contribution is -2.32. The Hall–Kier alpha value is -3.28. The van der Waals surface area contributed by atoms with E-state index in [-0.39, 0.29) is 0 Å². The predicted octanol–water partition coefficient (Wildman–Crippen LogP) is 3.91. The highest BCUT2D eigenvalue weighted by atomic mass is 16.5. The average molecular weight is 419 g/mol. The van der Waals surface area contributed by atoms with Crippen LogP contribution in [0.2, 0.25) is 0 Å². The molecule has 4 rings (SSSR count). The number of piperidine rings is 1. The zero-order valence-electron chi connectivity index (χ0n) is 17.8. The molecule has 0 saturated carbocycles. The summed E-state index contributed by atoms with van der Waals surface area (Å²) in [5, 5.41) is 12.2. The summed E-state index contributed by atoms with van der Waals surface area (Å²) in [5.74, 6) is 3.73. The molecule has 8 heteroatoms. The van der Waals surface area contributed by atoms with Gasteiger partial charge in [0.05, 0.1) is 18.4 Å². The van der Waals surface area contributed by atoms with Crippen molar-refractivity contribution in [3.05, 3.63) is 65.3 Å². The number of likely N-dealkylation sites (tertiary alicyclic amines) is 1.